The fourth-order valence-electron chi connectivity index (χ4n) is 5.27. The molecule has 1 heterocycles. The lowest BCUT2D eigenvalue weighted by Crippen LogP contribution is -3.22. The van der Waals surface area contributed by atoms with Crippen LogP contribution in [0.2, 0.25) is 5.02 Å². The van der Waals surface area contributed by atoms with E-state index in [0.29, 0.717) is 0 Å². The standard InChI is InChI=1S/C23H35ClN2O/c1-18(2)21(19-9-11-20(24)12-10-19)22(27)25-17-23(13-5-3-6-14-23)26-15-7-4-8-16-26/h9-12,18,21H,3-8,13-17H2,1-2H3,(H,25,27)/p+1/t21-/m1/s1. The molecule has 1 aliphatic heterocycles. The van der Waals surface area contributed by atoms with E-state index < -0.39 is 0 Å². The van der Waals surface area contributed by atoms with Gasteiger partial charge in [-0.2, -0.15) is 0 Å². The quantitative estimate of drug-likeness (QED) is 0.755. The minimum Gasteiger partial charge on any atom is -0.349 e. The van der Waals surface area contributed by atoms with E-state index in [1.165, 1.54) is 64.5 Å². The van der Waals surface area contributed by atoms with Gasteiger partial charge in [-0.15, -0.1) is 0 Å². The summed E-state index contributed by atoms with van der Waals surface area (Å²) in [6.45, 7) is 7.65. The van der Waals surface area contributed by atoms with Crippen molar-refractivity contribution >= 4 is 17.5 Å². The second kappa shape index (κ2) is 9.43. The van der Waals surface area contributed by atoms with Gasteiger partial charge in [0.2, 0.25) is 5.91 Å². The first kappa shape index (κ1) is 20.7. The number of carbonyl (C=O) groups excluding carboxylic acids is 1. The van der Waals surface area contributed by atoms with Gasteiger partial charge >= 0.3 is 0 Å². The van der Waals surface area contributed by atoms with E-state index in [4.69, 9.17) is 11.6 Å². The molecule has 0 unspecified atom stereocenters. The summed E-state index contributed by atoms with van der Waals surface area (Å²) in [5, 5.41) is 4.11. The van der Waals surface area contributed by atoms with E-state index >= 15 is 0 Å². The number of rotatable bonds is 6. The van der Waals surface area contributed by atoms with E-state index in [-0.39, 0.29) is 23.3 Å². The van der Waals surface area contributed by atoms with Crippen molar-refractivity contribution in [2.75, 3.05) is 19.6 Å². The molecule has 1 aliphatic carbocycles. The van der Waals surface area contributed by atoms with Crippen molar-refractivity contribution in [3.63, 3.8) is 0 Å². The SMILES string of the molecule is CC(C)[C@@H](C(=O)NCC1([NH+]2CCCCC2)CCCCC1)c1ccc(Cl)cc1. The van der Waals surface area contributed by atoms with Crippen molar-refractivity contribution in [3.8, 4) is 0 Å². The van der Waals surface area contributed by atoms with E-state index in [9.17, 15) is 4.79 Å². The summed E-state index contributed by atoms with van der Waals surface area (Å²) in [5.74, 6) is 0.323. The van der Waals surface area contributed by atoms with Crippen LogP contribution in [0.25, 0.3) is 0 Å². The van der Waals surface area contributed by atoms with Crippen molar-refractivity contribution in [1.29, 1.82) is 0 Å². The molecule has 3 rings (SSSR count). The Kier molecular flexibility index (Phi) is 7.22. The van der Waals surface area contributed by atoms with E-state index in [2.05, 4.69) is 19.2 Å². The van der Waals surface area contributed by atoms with Gasteiger partial charge in [-0.1, -0.05) is 44.0 Å². The molecule has 1 saturated carbocycles. The smallest absolute Gasteiger partial charge is 0.228 e. The van der Waals surface area contributed by atoms with Gasteiger partial charge in [-0.3, -0.25) is 4.79 Å². The Morgan fingerprint density at radius 3 is 2.22 bits per heavy atom. The lowest BCUT2D eigenvalue weighted by Gasteiger charge is -2.45. The van der Waals surface area contributed by atoms with Crippen LogP contribution in [0.4, 0.5) is 0 Å². The van der Waals surface area contributed by atoms with Gasteiger partial charge in [0.25, 0.3) is 0 Å². The van der Waals surface area contributed by atoms with Gasteiger partial charge in [0.15, 0.2) is 0 Å². The van der Waals surface area contributed by atoms with Crippen LogP contribution < -0.4 is 10.2 Å². The van der Waals surface area contributed by atoms with E-state index in [1.807, 2.05) is 24.3 Å². The van der Waals surface area contributed by atoms with Crippen molar-refractivity contribution < 1.29 is 9.69 Å². The van der Waals surface area contributed by atoms with Gasteiger partial charge in [0, 0.05) is 17.9 Å². The molecule has 2 fully saturated rings. The Morgan fingerprint density at radius 1 is 1.04 bits per heavy atom. The topological polar surface area (TPSA) is 33.5 Å². The molecule has 0 aromatic heterocycles. The highest BCUT2D eigenvalue weighted by molar-refractivity contribution is 6.30. The Bertz CT molecular complexity index is 601. The summed E-state index contributed by atoms with van der Waals surface area (Å²) in [5.41, 5.74) is 1.32. The minimum absolute atomic E-state index is 0.112. The summed E-state index contributed by atoms with van der Waals surface area (Å²) in [4.78, 5) is 14.9. The lowest BCUT2D eigenvalue weighted by molar-refractivity contribution is -0.957. The summed E-state index contributed by atoms with van der Waals surface area (Å²) in [7, 11) is 0. The van der Waals surface area contributed by atoms with Crippen LogP contribution in [-0.4, -0.2) is 31.1 Å². The summed E-state index contributed by atoms with van der Waals surface area (Å²) in [6.07, 6.45) is 10.5. The van der Waals surface area contributed by atoms with Gasteiger partial charge in [-0.05, 0) is 55.7 Å². The Balaban J connectivity index is 1.71. The molecule has 1 amide bonds. The summed E-state index contributed by atoms with van der Waals surface area (Å²) in [6, 6.07) is 7.78. The average Bonchev–Trinajstić information content (AvgIpc) is 2.69. The molecule has 3 nitrogen and oxygen atoms in total. The largest absolute Gasteiger partial charge is 0.349 e. The maximum Gasteiger partial charge on any atom is 0.228 e. The third-order valence-electron chi connectivity index (χ3n) is 6.80. The lowest BCUT2D eigenvalue weighted by atomic mass is 9.78. The number of amides is 1. The molecule has 1 saturated heterocycles. The zero-order valence-electron chi connectivity index (χ0n) is 17.0. The van der Waals surface area contributed by atoms with Crippen LogP contribution in [0, 0.1) is 5.92 Å². The molecule has 0 radical (unpaired) electrons. The number of nitrogens with one attached hydrogen (secondary N) is 2. The van der Waals surface area contributed by atoms with Gasteiger partial charge in [0.05, 0.1) is 25.6 Å². The third kappa shape index (κ3) is 5.06. The molecule has 0 bridgehead atoms. The molecular formula is C23H36ClN2O+. The molecule has 1 atom stereocenters. The number of benzene rings is 1. The van der Waals surface area contributed by atoms with Gasteiger partial charge < -0.3 is 10.2 Å². The Morgan fingerprint density at radius 2 is 1.63 bits per heavy atom. The molecule has 27 heavy (non-hydrogen) atoms. The van der Waals surface area contributed by atoms with Crippen LogP contribution in [0.15, 0.2) is 24.3 Å². The van der Waals surface area contributed by atoms with E-state index in [1.54, 1.807) is 4.90 Å². The maximum atomic E-state index is 13.2. The van der Waals surface area contributed by atoms with Crippen molar-refractivity contribution in [1.82, 2.24) is 5.32 Å². The summed E-state index contributed by atoms with van der Waals surface area (Å²) < 4.78 is 0. The fourth-order valence-corrected chi connectivity index (χ4v) is 5.39. The van der Waals surface area contributed by atoms with Gasteiger partial charge in [-0.25, -0.2) is 0 Å². The van der Waals surface area contributed by atoms with Crippen LogP contribution in [-0.2, 0) is 4.79 Å². The molecule has 150 valence electrons. The number of hydrogen-bond donors (Lipinski definition) is 2. The Labute approximate surface area is 169 Å². The monoisotopic (exact) mass is 391 g/mol. The maximum absolute atomic E-state index is 13.2. The van der Waals surface area contributed by atoms with Crippen molar-refractivity contribution in [2.24, 2.45) is 5.92 Å². The third-order valence-corrected chi connectivity index (χ3v) is 7.05. The predicted octanol–water partition coefficient (Wildman–Crippen LogP) is 3.97. The number of piperidine rings is 1. The zero-order valence-corrected chi connectivity index (χ0v) is 17.8. The number of halogens is 1. The number of likely N-dealkylation sites (tertiary alicyclic amines) is 1. The van der Waals surface area contributed by atoms with E-state index in [0.717, 1.165) is 17.1 Å². The second-order valence-electron chi connectivity index (χ2n) is 9.00. The van der Waals surface area contributed by atoms with Gasteiger partial charge in [0.1, 0.15) is 5.54 Å². The molecule has 0 spiro atoms. The minimum atomic E-state index is -0.112. The molecule has 2 aliphatic rings. The highest BCUT2D eigenvalue weighted by atomic mass is 35.5. The van der Waals surface area contributed by atoms with Crippen LogP contribution in [0.5, 0.6) is 0 Å². The zero-order chi connectivity index (χ0) is 19.3. The molecule has 1 aromatic rings. The molecule has 1 aromatic carbocycles. The van der Waals surface area contributed by atoms with Crippen molar-refractivity contribution in [3.05, 3.63) is 34.9 Å². The summed E-state index contributed by atoms with van der Waals surface area (Å²) >= 11 is 6.04. The normalized spacial score (nSPS) is 21.8. The first-order valence-electron chi connectivity index (χ1n) is 10.9. The Hall–Kier alpha value is -1.06. The average molecular weight is 392 g/mol. The van der Waals surface area contributed by atoms with Crippen molar-refractivity contribution in [2.45, 2.75) is 76.7 Å². The van der Waals surface area contributed by atoms with Crippen LogP contribution in [0.1, 0.15) is 76.7 Å². The second-order valence-corrected chi connectivity index (χ2v) is 9.43. The number of quaternary nitrogens is 1. The number of carbonyl (C=O) groups is 1. The first-order chi connectivity index (χ1) is 13.0. The predicted molar refractivity (Wildman–Crippen MR) is 112 cm³/mol. The molecular weight excluding hydrogens is 356 g/mol. The van der Waals surface area contributed by atoms with Crippen LogP contribution >= 0.6 is 11.6 Å². The highest BCUT2D eigenvalue weighted by Gasteiger charge is 2.42. The highest BCUT2D eigenvalue weighted by Crippen LogP contribution is 2.28. The fraction of sp³-hybridized carbons (Fsp3) is 0.696. The van der Waals surface area contributed by atoms with Crippen LogP contribution in [0.3, 0.4) is 0 Å². The molecule has 4 heteroatoms. The number of hydrogen-bond acceptors (Lipinski definition) is 1. The molecule has 2 N–H and O–H groups in total. The first-order valence-corrected chi connectivity index (χ1v) is 11.3.